The van der Waals surface area contributed by atoms with Crippen molar-refractivity contribution in [3.05, 3.63) is 36.0 Å². The molecule has 1 aliphatic rings. The molecule has 0 radical (unpaired) electrons. The Kier molecular flexibility index (Phi) is 3.74. The molecule has 2 aromatic rings. The lowest BCUT2D eigenvalue weighted by molar-refractivity contribution is 0.0943. The molecule has 1 amide bonds. The Hall–Kier alpha value is -1.81. The molecular weight excluding hydrogens is 250 g/mol. The number of nitrogens with one attached hydrogen (secondary N) is 2. The zero-order valence-corrected chi connectivity index (χ0v) is 11.9. The van der Waals surface area contributed by atoms with Crippen LogP contribution < -0.4 is 5.32 Å². The zero-order valence-electron chi connectivity index (χ0n) is 11.9. The summed E-state index contributed by atoms with van der Waals surface area (Å²) in [5.41, 5.74) is 1.76. The second-order valence-electron chi connectivity index (χ2n) is 5.38. The standard InChI is InChI=1S/C16H21N3O/c1-2-19-10-4-5-12(19)11-18-16(20)14-6-3-7-15-13(14)8-9-17-15/h3,6-9,12,17H,2,4-5,10-11H2,1H3,(H,18,20)/t12-/m1/s1. The third-order valence-electron chi connectivity index (χ3n) is 4.24. The van der Waals surface area contributed by atoms with Crippen molar-refractivity contribution >= 4 is 16.8 Å². The van der Waals surface area contributed by atoms with Gasteiger partial charge < -0.3 is 10.3 Å². The van der Waals surface area contributed by atoms with Crippen molar-refractivity contribution in [1.29, 1.82) is 0 Å². The van der Waals surface area contributed by atoms with E-state index in [2.05, 4.69) is 22.1 Å². The van der Waals surface area contributed by atoms with Gasteiger partial charge in [0.05, 0.1) is 0 Å². The van der Waals surface area contributed by atoms with Crippen LogP contribution in [-0.4, -0.2) is 41.5 Å². The second kappa shape index (κ2) is 5.67. The molecule has 0 bridgehead atoms. The lowest BCUT2D eigenvalue weighted by Gasteiger charge is -2.22. The van der Waals surface area contributed by atoms with Crippen molar-refractivity contribution in [2.45, 2.75) is 25.8 Å². The van der Waals surface area contributed by atoms with Crippen LogP contribution in [-0.2, 0) is 0 Å². The highest BCUT2D eigenvalue weighted by Crippen LogP contribution is 2.18. The molecule has 2 N–H and O–H groups in total. The van der Waals surface area contributed by atoms with E-state index in [1.165, 1.54) is 12.8 Å². The maximum absolute atomic E-state index is 12.4. The summed E-state index contributed by atoms with van der Waals surface area (Å²) < 4.78 is 0. The fourth-order valence-electron chi connectivity index (χ4n) is 3.13. The predicted octanol–water partition coefficient (Wildman–Crippen LogP) is 2.38. The Bertz CT molecular complexity index is 605. The first-order chi connectivity index (χ1) is 9.79. The van der Waals surface area contributed by atoms with Crippen LogP contribution in [0.2, 0.25) is 0 Å². The number of carbonyl (C=O) groups excluding carboxylic acids is 1. The molecule has 0 saturated carbocycles. The van der Waals surface area contributed by atoms with E-state index in [0.29, 0.717) is 6.04 Å². The summed E-state index contributed by atoms with van der Waals surface area (Å²) in [6, 6.07) is 8.24. The maximum Gasteiger partial charge on any atom is 0.252 e. The highest BCUT2D eigenvalue weighted by molar-refractivity contribution is 6.06. The number of hydrogen-bond acceptors (Lipinski definition) is 2. The summed E-state index contributed by atoms with van der Waals surface area (Å²) in [6.45, 7) is 5.15. The monoisotopic (exact) mass is 271 g/mol. The minimum absolute atomic E-state index is 0.0261. The first kappa shape index (κ1) is 13.2. The largest absolute Gasteiger partial charge is 0.361 e. The number of benzene rings is 1. The summed E-state index contributed by atoms with van der Waals surface area (Å²) in [4.78, 5) is 17.9. The van der Waals surface area contributed by atoms with E-state index >= 15 is 0 Å². The topological polar surface area (TPSA) is 48.1 Å². The number of likely N-dealkylation sites (N-methyl/N-ethyl adjacent to an activating group) is 1. The van der Waals surface area contributed by atoms with Gasteiger partial charge in [0.25, 0.3) is 5.91 Å². The fourth-order valence-corrected chi connectivity index (χ4v) is 3.13. The van der Waals surface area contributed by atoms with E-state index in [9.17, 15) is 4.79 Å². The Balaban J connectivity index is 1.69. The Morgan fingerprint density at radius 1 is 1.45 bits per heavy atom. The van der Waals surface area contributed by atoms with E-state index in [1.54, 1.807) is 0 Å². The summed E-state index contributed by atoms with van der Waals surface area (Å²) in [5.74, 6) is 0.0261. The number of H-pyrrole nitrogens is 1. The number of rotatable bonds is 4. The van der Waals surface area contributed by atoms with E-state index in [0.717, 1.165) is 36.1 Å². The summed E-state index contributed by atoms with van der Waals surface area (Å²) >= 11 is 0. The van der Waals surface area contributed by atoms with Crippen LogP contribution in [0.25, 0.3) is 10.9 Å². The lowest BCUT2D eigenvalue weighted by atomic mass is 10.1. The van der Waals surface area contributed by atoms with Gasteiger partial charge in [0, 0.05) is 35.2 Å². The number of likely N-dealkylation sites (tertiary alicyclic amines) is 1. The Morgan fingerprint density at radius 3 is 3.20 bits per heavy atom. The van der Waals surface area contributed by atoms with E-state index in [4.69, 9.17) is 0 Å². The van der Waals surface area contributed by atoms with Crippen LogP contribution in [0.5, 0.6) is 0 Å². The SMILES string of the molecule is CCN1CCC[C@@H]1CNC(=O)c1cccc2[nH]ccc12. The summed E-state index contributed by atoms with van der Waals surface area (Å²) in [5, 5.41) is 4.08. The molecule has 0 unspecified atom stereocenters. The Morgan fingerprint density at radius 2 is 2.35 bits per heavy atom. The number of aromatic nitrogens is 1. The number of amides is 1. The van der Waals surface area contributed by atoms with Gasteiger partial charge in [-0.3, -0.25) is 9.69 Å². The van der Waals surface area contributed by atoms with Crippen LogP contribution in [0.1, 0.15) is 30.1 Å². The number of fused-ring (bicyclic) bond motifs is 1. The van der Waals surface area contributed by atoms with E-state index in [-0.39, 0.29) is 5.91 Å². The average molecular weight is 271 g/mol. The number of nitrogens with zero attached hydrogens (tertiary/aromatic N) is 1. The van der Waals surface area contributed by atoms with Crippen LogP contribution in [0.15, 0.2) is 30.5 Å². The predicted molar refractivity (Wildman–Crippen MR) is 80.9 cm³/mol. The molecule has 1 fully saturated rings. The first-order valence-electron chi connectivity index (χ1n) is 7.38. The van der Waals surface area contributed by atoms with Crippen molar-refractivity contribution in [3.63, 3.8) is 0 Å². The van der Waals surface area contributed by atoms with Crippen molar-refractivity contribution in [2.75, 3.05) is 19.6 Å². The van der Waals surface area contributed by atoms with Gasteiger partial charge in [-0.2, -0.15) is 0 Å². The summed E-state index contributed by atoms with van der Waals surface area (Å²) in [7, 11) is 0. The van der Waals surface area contributed by atoms with Crippen LogP contribution in [0.3, 0.4) is 0 Å². The van der Waals surface area contributed by atoms with Crippen molar-refractivity contribution in [2.24, 2.45) is 0 Å². The normalized spacial score (nSPS) is 19.6. The number of aromatic amines is 1. The molecule has 3 rings (SSSR count). The number of hydrogen-bond donors (Lipinski definition) is 2. The van der Waals surface area contributed by atoms with Gasteiger partial charge >= 0.3 is 0 Å². The average Bonchev–Trinajstić information content (AvgIpc) is 3.12. The van der Waals surface area contributed by atoms with Gasteiger partial charge in [-0.15, -0.1) is 0 Å². The van der Waals surface area contributed by atoms with Gasteiger partial charge in [0.1, 0.15) is 0 Å². The molecule has 1 atom stereocenters. The van der Waals surface area contributed by atoms with Gasteiger partial charge in [-0.05, 0) is 44.1 Å². The third kappa shape index (κ3) is 2.43. The minimum Gasteiger partial charge on any atom is -0.361 e. The molecule has 2 heterocycles. The fraction of sp³-hybridized carbons (Fsp3) is 0.438. The van der Waals surface area contributed by atoms with Crippen LogP contribution >= 0.6 is 0 Å². The Labute approximate surface area is 119 Å². The van der Waals surface area contributed by atoms with E-state index < -0.39 is 0 Å². The second-order valence-corrected chi connectivity index (χ2v) is 5.38. The third-order valence-corrected chi connectivity index (χ3v) is 4.24. The summed E-state index contributed by atoms with van der Waals surface area (Å²) in [6.07, 6.45) is 4.29. The molecule has 4 nitrogen and oxygen atoms in total. The molecule has 1 aromatic carbocycles. The van der Waals surface area contributed by atoms with Crippen LogP contribution in [0, 0.1) is 0 Å². The molecule has 1 aromatic heterocycles. The number of carbonyl (C=O) groups is 1. The van der Waals surface area contributed by atoms with Crippen LogP contribution in [0.4, 0.5) is 0 Å². The quantitative estimate of drug-likeness (QED) is 0.897. The first-order valence-corrected chi connectivity index (χ1v) is 7.38. The molecule has 106 valence electrons. The van der Waals surface area contributed by atoms with Crippen molar-refractivity contribution < 1.29 is 4.79 Å². The van der Waals surface area contributed by atoms with Gasteiger partial charge in [-0.25, -0.2) is 0 Å². The minimum atomic E-state index is 0.0261. The highest BCUT2D eigenvalue weighted by Gasteiger charge is 2.23. The molecular formula is C16H21N3O. The van der Waals surface area contributed by atoms with Crippen molar-refractivity contribution in [1.82, 2.24) is 15.2 Å². The van der Waals surface area contributed by atoms with E-state index in [1.807, 2.05) is 30.5 Å². The smallest absolute Gasteiger partial charge is 0.252 e. The maximum atomic E-state index is 12.4. The highest BCUT2D eigenvalue weighted by atomic mass is 16.1. The van der Waals surface area contributed by atoms with Gasteiger partial charge in [-0.1, -0.05) is 13.0 Å². The van der Waals surface area contributed by atoms with Crippen molar-refractivity contribution in [3.8, 4) is 0 Å². The molecule has 20 heavy (non-hydrogen) atoms. The zero-order chi connectivity index (χ0) is 13.9. The van der Waals surface area contributed by atoms with Gasteiger partial charge in [0.15, 0.2) is 0 Å². The molecule has 0 spiro atoms. The molecule has 0 aliphatic carbocycles. The molecule has 1 aliphatic heterocycles. The molecule has 4 heteroatoms. The lowest BCUT2D eigenvalue weighted by Crippen LogP contribution is -2.40. The molecule has 1 saturated heterocycles. The van der Waals surface area contributed by atoms with Gasteiger partial charge in [0.2, 0.25) is 0 Å².